The lowest BCUT2D eigenvalue weighted by atomic mass is 10.2. The number of nitrogens with two attached hydrogens (primary N) is 1. The first-order valence-corrected chi connectivity index (χ1v) is 6.08. The summed E-state index contributed by atoms with van der Waals surface area (Å²) in [5.74, 6) is -0.756. The van der Waals surface area contributed by atoms with Crippen LogP contribution in [0, 0.1) is 5.82 Å². The molecule has 0 radical (unpaired) electrons. The van der Waals surface area contributed by atoms with Gasteiger partial charge in [-0.15, -0.1) is 0 Å². The second kappa shape index (κ2) is 8.44. The van der Waals surface area contributed by atoms with Crippen LogP contribution in [0.5, 0.6) is 5.75 Å². The highest BCUT2D eigenvalue weighted by Gasteiger charge is 2.09. The number of methoxy groups -OCH3 is 1. The summed E-state index contributed by atoms with van der Waals surface area (Å²) in [7, 11) is 1.37. The minimum atomic E-state index is -0.554. The van der Waals surface area contributed by atoms with Crippen molar-refractivity contribution in [2.24, 2.45) is 5.73 Å². The molecule has 3 N–H and O–H groups in total. The molecule has 1 amide bonds. The molecule has 0 aromatic heterocycles. The van der Waals surface area contributed by atoms with Crippen LogP contribution in [0.1, 0.15) is 16.8 Å². The standard InChI is InChI=1S/C13H19FN2O3/c1-18-12-4-3-10(9-11(12)14)13(17)16-6-2-7-19-8-5-15/h3-4,9H,2,5-8,15H2,1H3,(H,16,17). The van der Waals surface area contributed by atoms with Gasteiger partial charge in [0.15, 0.2) is 11.6 Å². The van der Waals surface area contributed by atoms with Crippen molar-refractivity contribution >= 4 is 5.91 Å². The van der Waals surface area contributed by atoms with Crippen LogP contribution in [0.3, 0.4) is 0 Å². The minimum absolute atomic E-state index is 0.117. The molecule has 0 aliphatic heterocycles. The molecule has 1 aromatic rings. The molecule has 0 spiro atoms. The molecule has 0 aliphatic rings. The SMILES string of the molecule is COc1ccc(C(=O)NCCCOCCN)cc1F. The predicted octanol–water partition coefficient (Wildman–Crippen LogP) is 0.929. The highest BCUT2D eigenvalue weighted by molar-refractivity contribution is 5.94. The number of hydrogen-bond donors (Lipinski definition) is 2. The summed E-state index contributed by atoms with van der Waals surface area (Å²) >= 11 is 0. The van der Waals surface area contributed by atoms with Gasteiger partial charge in [-0.2, -0.15) is 0 Å². The van der Waals surface area contributed by atoms with Crippen molar-refractivity contribution in [3.63, 3.8) is 0 Å². The second-order valence-electron chi connectivity index (χ2n) is 3.86. The van der Waals surface area contributed by atoms with Gasteiger partial charge in [-0.3, -0.25) is 4.79 Å². The molecule has 1 aromatic carbocycles. The first-order valence-electron chi connectivity index (χ1n) is 6.08. The highest BCUT2D eigenvalue weighted by atomic mass is 19.1. The minimum Gasteiger partial charge on any atom is -0.494 e. The van der Waals surface area contributed by atoms with Gasteiger partial charge in [-0.1, -0.05) is 0 Å². The first kappa shape index (κ1) is 15.4. The van der Waals surface area contributed by atoms with E-state index in [1.807, 2.05) is 0 Å². The first-order chi connectivity index (χ1) is 9.19. The number of carbonyl (C=O) groups is 1. The molecular weight excluding hydrogens is 251 g/mol. The van der Waals surface area contributed by atoms with Crippen LogP contribution in [-0.4, -0.2) is 39.3 Å². The average Bonchev–Trinajstić information content (AvgIpc) is 2.42. The largest absolute Gasteiger partial charge is 0.494 e. The fourth-order valence-electron chi connectivity index (χ4n) is 1.47. The predicted molar refractivity (Wildman–Crippen MR) is 69.8 cm³/mol. The molecule has 106 valence electrons. The number of rotatable bonds is 8. The Morgan fingerprint density at radius 1 is 1.42 bits per heavy atom. The van der Waals surface area contributed by atoms with Crippen LogP contribution in [0.2, 0.25) is 0 Å². The van der Waals surface area contributed by atoms with Gasteiger partial charge in [0.25, 0.3) is 5.91 Å². The van der Waals surface area contributed by atoms with E-state index in [0.717, 1.165) is 6.07 Å². The van der Waals surface area contributed by atoms with Crippen LogP contribution in [-0.2, 0) is 4.74 Å². The Balaban J connectivity index is 2.35. The Labute approximate surface area is 111 Å². The summed E-state index contributed by atoms with van der Waals surface area (Å²) < 4.78 is 23.4. The molecule has 5 nitrogen and oxygen atoms in total. The van der Waals surface area contributed by atoms with Crippen LogP contribution in [0.15, 0.2) is 18.2 Å². The van der Waals surface area contributed by atoms with Crippen molar-refractivity contribution < 1.29 is 18.7 Å². The normalized spacial score (nSPS) is 10.3. The van der Waals surface area contributed by atoms with E-state index in [-0.39, 0.29) is 17.2 Å². The molecule has 0 bridgehead atoms. The van der Waals surface area contributed by atoms with E-state index >= 15 is 0 Å². The Kier molecular flexibility index (Phi) is 6.84. The monoisotopic (exact) mass is 270 g/mol. The van der Waals surface area contributed by atoms with Crippen LogP contribution < -0.4 is 15.8 Å². The number of benzene rings is 1. The fraction of sp³-hybridized carbons (Fsp3) is 0.462. The van der Waals surface area contributed by atoms with Crippen molar-refractivity contribution in [2.75, 3.05) is 33.4 Å². The smallest absolute Gasteiger partial charge is 0.251 e. The quantitative estimate of drug-likeness (QED) is 0.689. The number of nitrogens with one attached hydrogen (secondary N) is 1. The average molecular weight is 270 g/mol. The van der Waals surface area contributed by atoms with Gasteiger partial charge < -0.3 is 20.5 Å². The topological polar surface area (TPSA) is 73.6 Å². The van der Waals surface area contributed by atoms with E-state index in [0.29, 0.717) is 32.7 Å². The molecule has 19 heavy (non-hydrogen) atoms. The maximum Gasteiger partial charge on any atom is 0.251 e. The molecule has 6 heteroatoms. The number of halogens is 1. The van der Waals surface area contributed by atoms with Gasteiger partial charge in [0.2, 0.25) is 0 Å². The number of hydrogen-bond acceptors (Lipinski definition) is 4. The van der Waals surface area contributed by atoms with Crippen molar-refractivity contribution in [1.29, 1.82) is 0 Å². The molecule has 0 fully saturated rings. The van der Waals surface area contributed by atoms with Gasteiger partial charge in [-0.05, 0) is 24.6 Å². The number of amides is 1. The maximum absolute atomic E-state index is 13.4. The second-order valence-corrected chi connectivity index (χ2v) is 3.86. The van der Waals surface area contributed by atoms with Crippen molar-refractivity contribution in [1.82, 2.24) is 5.32 Å². The lowest BCUT2D eigenvalue weighted by Crippen LogP contribution is -2.25. The molecule has 0 unspecified atom stereocenters. The van der Waals surface area contributed by atoms with Crippen molar-refractivity contribution in [2.45, 2.75) is 6.42 Å². The summed E-state index contributed by atoms with van der Waals surface area (Å²) in [5, 5.41) is 2.68. The van der Waals surface area contributed by atoms with Crippen LogP contribution in [0.25, 0.3) is 0 Å². The summed E-state index contributed by atoms with van der Waals surface area (Å²) in [6.45, 7) is 2.00. The number of ether oxygens (including phenoxy) is 2. The molecule has 1 rings (SSSR count). The van der Waals surface area contributed by atoms with Gasteiger partial charge in [0.05, 0.1) is 13.7 Å². The van der Waals surface area contributed by atoms with E-state index in [9.17, 15) is 9.18 Å². The summed E-state index contributed by atoms with van der Waals surface area (Å²) in [5.41, 5.74) is 5.53. The van der Waals surface area contributed by atoms with E-state index in [4.69, 9.17) is 15.2 Å². The van der Waals surface area contributed by atoms with Gasteiger partial charge >= 0.3 is 0 Å². The molecule has 0 atom stereocenters. The molecule has 0 saturated carbocycles. The van der Waals surface area contributed by atoms with E-state index < -0.39 is 5.82 Å². The van der Waals surface area contributed by atoms with E-state index in [2.05, 4.69) is 5.32 Å². The zero-order valence-electron chi connectivity index (χ0n) is 10.9. The van der Waals surface area contributed by atoms with Crippen LogP contribution >= 0.6 is 0 Å². The Hall–Kier alpha value is -1.66. The van der Waals surface area contributed by atoms with Crippen LogP contribution in [0.4, 0.5) is 4.39 Å². The zero-order chi connectivity index (χ0) is 14.1. The Morgan fingerprint density at radius 3 is 2.84 bits per heavy atom. The van der Waals surface area contributed by atoms with Crippen molar-refractivity contribution in [3.05, 3.63) is 29.6 Å². The molecule has 0 heterocycles. The van der Waals surface area contributed by atoms with Gasteiger partial charge in [0.1, 0.15) is 0 Å². The number of carbonyl (C=O) groups excluding carboxylic acids is 1. The summed E-state index contributed by atoms with van der Waals surface area (Å²) in [6.07, 6.45) is 0.685. The van der Waals surface area contributed by atoms with E-state index in [1.54, 1.807) is 0 Å². The molecule has 0 saturated heterocycles. The molecular formula is C13H19FN2O3. The van der Waals surface area contributed by atoms with Gasteiger partial charge in [0, 0.05) is 25.3 Å². The summed E-state index contributed by atoms with van der Waals surface area (Å²) in [4.78, 5) is 11.7. The molecule has 0 aliphatic carbocycles. The fourth-order valence-corrected chi connectivity index (χ4v) is 1.47. The third kappa shape index (κ3) is 5.23. The Morgan fingerprint density at radius 2 is 2.21 bits per heavy atom. The van der Waals surface area contributed by atoms with E-state index in [1.165, 1.54) is 19.2 Å². The van der Waals surface area contributed by atoms with Crippen molar-refractivity contribution in [3.8, 4) is 5.75 Å². The third-order valence-electron chi connectivity index (χ3n) is 2.43. The lowest BCUT2D eigenvalue weighted by Gasteiger charge is -2.07. The zero-order valence-corrected chi connectivity index (χ0v) is 10.9. The third-order valence-corrected chi connectivity index (χ3v) is 2.43. The summed E-state index contributed by atoms with van der Waals surface area (Å²) in [6, 6.07) is 4.09. The lowest BCUT2D eigenvalue weighted by molar-refractivity contribution is 0.0942. The maximum atomic E-state index is 13.4. The Bertz CT molecular complexity index is 413. The highest BCUT2D eigenvalue weighted by Crippen LogP contribution is 2.17. The van der Waals surface area contributed by atoms with Gasteiger partial charge in [-0.25, -0.2) is 4.39 Å².